The van der Waals surface area contributed by atoms with Gasteiger partial charge in [-0.25, -0.2) is 4.57 Å². The molecule has 0 amide bonds. The molecular formula is C12H27N2O6P3. The van der Waals surface area contributed by atoms with E-state index in [9.17, 15) is 14.0 Å². The van der Waals surface area contributed by atoms with Crippen LogP contribution in [0.1, 0.15) is 20.8 Å². The van der Waals surface area contributed by atoms with E-state index in [0.717, 1.165) is 5.81 Å². The number of hydrogen-bond acceptors (Lipinski definition) is 8. The Bertz CT molecular complexity index is 463. The predicted octanol–water partition coefficient (Wildman–Crippen LogP) is 3.31. The summed E-state index contributed by atoms with van der Waals surface area (Å²) < 4.78 is 34.2. The van der Waals surface area contributed by atoms with E-state index in [1.54, 1.807) is 13.8 Å². The second-order valence-corrected chi connectivity index (χ2v) is 13.7. The van der Waals surface area contributed by atoms with E-state index < -0.39 is 15.2 Å². The lowest BCUT2D eigenvalue weighted by atomic mass is 10.9. The molecule has 0 aromatic carbocycles. The third-order valence-electron chi connectivity index (χ3n) is 1.14. The minimum absolute atomic E-state index is 0.0222. The number of nitriles is 2. The number of nitrogens with zero attached hydrogens (tertiary/aromatic N) is 2. The molecule has 0 radical (unpaired) electrons. The average Bonchev–Trinajstić information content (AvgIpc) is 2.38. The molecule has 11 heteroatoms. The van der Waals surface area contributed by atoms with Crippen LogP contribution >= 0.6 is 22.5 Å². The molecular weight excluding hydrogens is 361 g/mol. The summed E-state index contributed by atoms with van der Waals surface area (Å²) in [7, 11) is -7.90. The van der Waals surface area contributed by atoms with Gasteiger partial charge in [-0.2, -0.15) is 10.5 Å². The lowest BCUT2D eigenvalue weighted by molar-refractivity contribution is -0.193. The molecule has 0 fully saturated rings. The van der Waals surface area contributed by atoms with Crippen molar-refractivity contribution in [2.75, 3.05) is 46.5 Å². The third kappa shape index (κ3) is 26.9. The molecule has 136 valence electrons. The summed E-state index contributed by atoms with van der Waals surface area (Å²) in [6, 6.07) is 0. The average molecular weight is 388 g/mol. The zero-order valence-electron chi connectivity index (χ0n) is 14.8. The van der Waals surface area contributed by atoms with Crippen molar-refractivity contribution in [1.29, 1.82) is 10.5 Å². The SMILES string of the molecule is CCOP(=O)(C#N)OCC.CCOP(=O)([O-])C#N.C[P+](C)(C)C. The molecule has 0 spiro atoms. The van der Waals surface area contributed by atoms with E-state index in [2.05, 4.69) is 40.2 Å². The molecule has 0 aromatic heterocycles. The van der Waals surface area contributed by atoms with E-state index >= 15 is 0 Å². The summed E-state index contributed by atoms with van der Waals surface area (Å²) >= 11 is 0. The Balaban J connectivity index is -0.000000276. The van der Waals surface area contributed by atoms with Crippen molar-refractivity contribution in [1.82, 2.24) is 0 Å². The van der Waals surface area contributed by atoms with Crippen LogP contribution in [-0.4, -0.2) is 46.5 Å². The van der Waals surface area contributed by atoms with Crippen molar-refractivity contribution in [3.63, 3.8) is 0 Å². The molecule has 0 heterocycles. The first-order valence-electron chi connectivity index (χ1n) is 6.77. The van der Waals surface area contributed by atoms with Crippen molar-refractivity contribution in [3.8, 4) is 11.6 Å². The summed E-state index contributed by atoms with van der Waals surface area (Å²) in [6.45, 7) is 14.5. The van der Waals surface area contributed by atoms with Crippen LogP contribution in [0.15, 0.2) is 0 Å². The van der Waals surface area contributed by atoms with Crippen molar-refractivity contribution in [2.45, 2.75) is 20.8 Å². The summed E-state index contributed by atoms with van der Waals surface area (Å²) in [4.78, 5) is 10.0. The molecule has 0 aliphatic carbocycles. The highest BCUT2D eigenvalue weighted by Crippen LogP contribution is 2.46. The van der Waals surface area contributed by atoms with Gasteiger partial charge in [-0.05, 0) is 20.8 Å². The Morgan fingerprint density at radius 3 is 1.30 bits per heavy atom. The lowest BCUT2D eigenvalue weighted by Gasteiger charge is -2.11. The van der Waals surface area contributed by atoms with Gasteiger partial charge in [0, 0.05) is 33.9 Å². The van der Waals surface area contributed by atoms with Crippen LogP contribution < -0.4 is 4.89 Å². The molecule has 0 N–H and O–H groups in total. The molecule has 0 bridgehead atoms. The summed E-state index contributed by atoms with van der Waals surface area (Å²) in [5, 5.41) is 16.1. The summed E-state index contributed by atoms with van der Waals surface area (Å²) in [5.74, 6) is 2.51. The highest BCUT2D eigenvalue weighted by molar-refractivity contribution is 7.73. The Kier molecular flexibility index (Phi) is 16.9. The molecule has 0 saturated carbocycles. The summed E-state index contributed by atoms with van der Waals surface area (Å²) in [5.41, 5.74) is 0. The van der Waals surface area contributed by atoms with Gasteiger partial charge in [0.15, 0.2) is 5.81 Å². The number of hydrogen-bond donors (Lipinski definition) is 0. The van der Waals surface area contributed by atoms with Crippen LogP contribution in [0.5, 0.6) is 0 Å². The van der Waals surface area contributed by atoms with Crippen LogP contribution in [-0.2, 0) is 22.7 Å². The Morgan fingerprint density at radius 2 is 1.17 bits per heavy atom. The fourth-order valence-corrected chi connectivity index (χ4v) is 1.90. The molecule has 23 heavy (non-hydrogen) atoms. The topological polar surface area (TPSA) is 132 Å². The summed E-state index contributed by atoms with van der Waals surface area (Å²) in [6.07, 6.45) is 0. The molecule has 1 unspecified atom stereocenters. The fraction of sp³-hybridized carbons (Fsp3) is 0.833. The zero-order chi connectivity index (χ0) is 19.2. The Labute approximate surface area is 140 Å². The van der Waals surface area contributed by atoms with Crippen molar-refractivity contribution in [2.24, 2.45) is 0 Å². The van der Waals surface area contributed by atoms with Crippen LogP contribution in [0.2, 0.25) is 0 Å². The molecule has 0 aliphatic rings. The number of rotatable bonds is 6. The lowest BCUT2D eigenvalue weighted by Crippen LogP contribution is -2.01. The van der Waals surface area contributed by atoms with E-state index in [-0.39, 0.29) is 27.1 Å². The van der Waals surface area contributed by atoms with Gasteiger partial charge in [0.25, 0.3) is 0 Å². The minimum atomic E-state index is -4.12. The first-order valence-corrected chi connectivity index (χ1v) is 13.4. The maximum absolute atomic E-state index is 11.0. The highest BCUT2D eigenvalue weighted by Gasteiger charge is 2.21. The van der Waals surface area contributed by atoms with E-state index in [4.69, 9.17) is 10.5 Å². The minimum Gasteiger partial charge on any atom is -0.767 e. The van der Waals surface area contributed by atoms with Crippen LogP contribution in [0.25, 0.3) is 0 Å². The second kappa shape index (κ2) is 14.1. The van der Waals surface area contributed by atoms with Gasteiger partial charge >= 0.3 is 7.60 Å². The van der Waals surface area contributed by atoms with Crippen LogP contribution in [0.3, 0.4) is 0 Å². The maximum Gasteiger partial charge on any atom is 0.431 e. The second-order valence-electron chi connectivity index (χ2n) is 5.13. The van der Waals surface area contributed by atoms with Gasteiger partial charge < -0.3 is 9.42 Å². The quantitative estimate of drug-likeness (QED) is 0.633. The van der Waals surface area contributed by atoms with E-state index in [1.165, 1.54) is 12.7 Å². The normalized spacial score (nSPS) is 13.1. The molecule has 0 saturated heterocycles. The van der Waals surface area contributed by atoms with Gasteiger partial charge in [0.05, 0.1) is 19.8 Å². The maximum atomic E-state index is 11.0. The predicted molar refractivity (Wildman–Crippen MR) is 91.9 cm³/mol. The molecule has 8 nitrogen and oxygen atoms in total. The van der Waals surface area contributed by atoms with Crippen LogP contribution in [0, 0.1) is 22.1 Å². The third-order valence-corrected chi connectivity index (χ3v) is 3.43. The van der Waals surface area contributed by atoms with Gasteiger partial charge in [0.1, 0.15) is 5.81 Å². The molecule has 0 aliphatic heterocycles. The monoisotopic (exact) mass is 388 g/mol. The Morgan fingerprint density at radius 1 is 0.870 bits per heavy atom. The van der Waals surface area contributed by atoms with E-state index in [0.29, 0.717) is 0 Å². The molecule has 0 rings (SSSR count). The van der Waals surface area contributed by atoms with Crippen molar-refractivity contribution < 1.29 is 27.6 Å². The molecule has 1 atom stereocenters. The Hall–Kier alpha value is -0.290. The van der Waals surface area contributed by atoms with Crippen molar-refractivity contribution in [3.05, 3.63) is 0 Å². The van der Waals surface area contributed by atoms with Crippen molar-refractivity contribution >= 4 is 22.5 Å². The fourth-order valence-electron chi connectivity index (χ4n) is 0.634. The van der Waals surface area contributed by atoms with Gasteiger partial charge in [-0.1, -0.05) is 0 Å². The zero-order valence-corrected chi connectivity index (χ0v) is 17.5. The van der Waals surface area contributed by atoms with Gasteiger partial charge in [-0.15, -0.1) is 0 Å². The highest BCUT2D eigenvalue weighted by atomic mass is 31.2. The van der Waals surface area contributed by atoms with E-state index in [1.807, 2.05) is 0 Å². The molecule has 0 aromatic rings. The largest absolute Gasteiger partial charge is 0.767 e. The first kappa shape index (κ1) is 27.6. The first-order chi connectivity index (χ1) is 10.3. The van der Waals surface area contributed by atoms with Gasteiger partial charge in [0.2, 0.25) is 7.60 Å². The smallest absolute Gasteiger partial charge is 0.431 e. The van der Waals surface area contributed by atoms with Gasteiger partial charge in [-0.3, -0.25) is 13.6 Å². The van der Waals surface area contributed by atoms with Crippen LogP contribution in [0.4, 0.5) is 0 Å². The standard InChI is InChI=1S/C5H10NO3P.C4H12P.C3H6NO3P/c1-3-8-10(7,5-6)9-4-2;1-5(2,3)4;1-2-7-8(5,6)3-4/h3-4H2,1-2H3;1-4H3;2H2,1H3,(H,5,6)/q;+1;/p-1.